The van der Waals surface area contributed by atoms with E-state index in [9.17, 15) is 14.3 Å². The van der Waals surface area contributed by atoms with E-state index in [0.29, 0.717) is 35.5 Å². The topological polar surface area (TPSA) is 108 Å². The molecule has 31 heavy (non-hydrogen) atoms. The summed E-state index contributed by atoms with van der Waals surface area (Å²) in [4.78, 5) is 26.8. The van der Waals surface area contributed by atoms with Crippen LogP contribution >= 0.6 is 0 Å². The highest BCUT2D eigenvalue weighted by atomic mass is 19.1. The molecule has 160 valence electrons. The van der Waals surface area contributed by atoms with Gasteiger partial charge in [-0.1, -0.05) is 12.1 Å². The maximum atomic E-state index is 14.2. The molecule has 2 N–H and O–H groups in total. The summed E-state index contributed by atoms with van der Waals surface area (Å²) in [7, 11) is 0. The van der Waals surface area contributed by atoms with Gasteiger partial charge in [0.05, 0.1) is 17.7 Å². The van der Waals surface area contributed by atoms with Crippen LogP contribution in [-0.4, -0.2) is 37.4 Å². The van der Waals surface area contributed by atoms with E-state index in [-0.39, 0.29) is 17.2 Å². The molecule has 0 aliphatic carbocycles. The van der Waals surface area contributed by atoms with Crippen LogP contribution in [0.15, 0.2) is 39.4 Å². The molecular formula is C22H21FN4O4. The summed E-state index contributed by atoms with van der Waals surface area (Å²) in [6.45, 7) is 5.10. The number of aryl methyl sites for hydroxylation is 1. The van der Waals surface area contributed by atoms with Gasteiger partial charge in [0.1, 0.15) is 17.4 Å². The van der Waals surface area contributed by atoms with Gasteiger partial charge in [-0.2, -0.15) is 0 Å². The molecule has 5 rings (SSSR count). The number of furan rings is 1. The average Bonchev–Trinajstić information content (AvgIpc) is 3.44. The third kappa shape index (κ3) is 3.12. The standard InChI is InChI=1S/C22H21FN4O4/c1-11-18(31-21(26-11)22(2,3)29)20(28)27-8-7-14-16(25-10-24-14)17(27)15-9-12-5-4-6-13(23)19(12)30-15/h4-6,9-10,17,29H,7-8H2,1-3H3,(H,24,25)/t17-/m1/s1. The van der Waals surface area contributed by atoms with Crippen LogP contribution in [0.5, 0.6) is 0 Å². The maximum absolute atomic E-state index is 14.2. The molecule has 1 atom stereocenters. The number of benzene rings is 1. The van der Waals surface area contributed by atoms with E-state index in [2.05, 4.69) is 15.0 Å². The molecule has 1 amide bonds. The molecule has 0 saturated heterocycles. The normalized spacial score (nSPS) is 16.7. The van der Waals surface area contributed by atoms with Crippen LogP contribution in [0.4, 0.5) is 4.39 Å². The summed E-state index contributed by atoms with van der Waals surface area (Å²) in [6.07, 6.45) is 2.14. The van der Waals surface area contributed by atoms with Crippen molar-refractivity contribution in [2.24, 2.45) is 0 Å². The van der Waals surface area contributed by atoms with E-state index in [4.69, 9.17) is 8.83 Å². The van der Waals surface area contributed by atoms with Crippen molar-refractivity contribution in [2.75, 3.05) is 6.54 Å². The first kappa shape index (κ1) is 19.5. The number of fused-ring (bicyclic) bond motifs is 2. The molecule has 8 nitrogen and oxygen atoms in total. The first-order valence-corrected chi connectivity index (χ1v) is 9.95. The second kappa shape index (κ2) is 6.78. The molecule has 4 heterocycles. The van der Waals surface area contributed by atoms with E-state index in [1.807, 2.05) is 0 Å². The van der Waals surface area contributed by atoms with Crippen LogP contribution < -0.4 is 0 Å². The lowest BCUT2D eigenvalue weighted by atomic mass is 9.99. The summed E-state index contributed by atoms with van der Waals surface area (Å²) in [6, 6.07) is 5.75. The third-order valence-electron chi connectivity index (χ3n) is 5.48. The molecule has 0 bridgehead atoms. The van der Waals surface area contributed by atoms with Crippen molar-refractivity contribution in [3.05, 3.63) is 70.9 Å². The van der Waals surface area contributed by atoms with Crippen molar-refractivity contribution < 1.29 is 23.1 Å². The number of rotatable bonds is 3. The zero-order valence-electron chi connectivity index (χ0n) is 17.3. The number of amides is 1. The second-order valence-electron chi connectivity index (χ2n) is 8.22. The quantitative estimate of drug-likeness (QED) is 0.520. The Balaban J connectivity index is 1.61. The molecule has 1 aliphatic rings. The molecule has 0 fully saturated rings. The highest BCUT2D eigenvalue weighted by molar-refractivity contribution is 5.93. The van der Waals surface area contributed by atoms with Gasteiger partial charge in [-0.15, -0.1) is 0 Å². The number of aliphatic hydroxyl groups is 1. The van der Waals surface area contributed by atoms with Crippen molar-refractivity contribution in [3.63, 3.8) is 0 Å². The highest BCUT2D eigenvalue weighted by Crippen LogP contribution is 2.38. The van der Waals surface area contributed by atoms with Gasteiger partial charge in [-0.3, -0.25) is 4.79 Å². The number of hydrogen-bond donors (Lipinski definition) is 2. The van der Waals surface area contributed by atoms with E-state index in [0.717, 1.165) is 5.69 Å². The fourth-order valence-corrected chi connectivity index (χ4v) is 3.95. The Hall–Kier alpha value is -3.46. The number of H-pyrrole nitrogens is 1. The average molecular weight is 424 g/mol. The lowest BCUT2D eigenvalue weighted by molar-refractivity contribution is 0.0437. The monoisotopic (exact) mass is 424 g/mol. The number of nitrogens with zero attached hydrogens (tertiary/aromatic N) is 3. The van der Waals surface area contributed by atoms with Crippen LogP contribution in [0, 0.1) is 12.7 Å². The largest absolute Gasteiger partial charge is 0.455 e. The molecule has 0 unspecified atom stereocenters. The van der Waals surface area contributed by atoms with Gasteiger partial charge >= 0.3 is 0 Å². The molecule has 4 aromatic rings. The molecule has 3 aromatic heterocycles. The Morgan fingerprint density at radius 2 is 2.16 bits per heavy atom. The smallest absolute Gasteiger partial charge is 0.292 e. The summed E-state index contributed by atoms with van der Waals surface area (Å²) in [5.74, 6) is -0.362. The third-order valence-corrected chi connectivity index (χ3v) is 5.48. The fourth-order valence-electron chi connectivity index (χ4n) is 3.95. The summed E-state index contributed by atoms with van der Waals surface area (Å²) in [5.41, 5.74) is 0.716. The number of imidazole rings is 1. The Kier molecular flexibility index (Phi) is 4.26. The Bertz CT molecular complexity index is 1300. The minimum absolute atomic E-state index is 0.0448. The number of nitrogens with one attached hydrogen (secondary N) is 1. The number of aromatic nitrogens is 3. The Morgan fingerprint density at radius 1 is 1.35 bits per heavy atom. The molecule has 1 aliphatic heterocycles. The lowest BCUT2D eigenvalue weighted by Crippen LogP contribution is -2.40. The van der Waals surface area contributed by atoms with Crippen LogP contribution in [0.3, 0.4) is 0 Å². The minimum Gasteiger partial charge on any atom is -0.455 e. The van der Waals surface area contributed by atoms with E-state index in [1.165, 1.54) is 19.9 Å². The van der Waals surface area contributed by atoms with E-state index < -0.39 is 23.4 Å². The molecule has 9 heteroatoms. The van der Waals surface area contributed by atoms with Gasteiger partial charge in [-0.25, -0.2) is 14.4 Å². The van der Waals surface area contributed by atoms with Crippen LogP contribution in [-0.2, 0) is 12.0 Å². The fraction of sp³-hybridized carbons (Fsp3) is 0.318. The number of oxazole rings is 1. The molecule has 0 radical (unpaired) electrons. The maximum Gasteiger partial charge on any atom is 0.292 e. The van der Waals surface area contributed by atoms with Gasteiger partial charge in [0.25, 0.3) is 5.91 Å². The SMILES string of the molecule is Cc1nc(C(C)(C)O)oc1C(=O)N1CCc2[nH]cnc2[C@H]1c1cc2cccc(F)c2o1. The second-order valence-corrected chi connectivity index (χ2v) is 8.22. The summed E-state index contributed by atoms with van der Waals surface area (Å²) >= 11 is 0. The highest BCUT2D eigenvalue weighted by Gasteiger charge is 2.39. The van der Waals surface area contributed by atoms with E-state index >= 15 is 0 Å². The lowest BCUT2D eigenvalue weighted by Gasteiger charge is -2.33. The zero-order valence-corrected chi connectivity index (χ0v) is 17.3. The predicted octanol–water partition coefficient (Wildman–Crippen LogP) is 3.61. The van der Waals surface area contributed by atoms with Crippen molar-refractivity contribution in [1.82, 2.24) is 19.9 Å². The molecule has 0 spiro atoms. The number of hydrogen-bond acceptors (Lipinski definition) is 6. The first-order valence-electron chi connectivity index (χ1n) is 9.95. The zero-order chi connectivity index (χ0) is 21.9. The summed E-state index contributed by atoms with van der Waals surface area (Å²) < 4.78 is 25.8. The van der Waals surface area contributed by atoms with Gasteiger partial charge < -0.3 is 23.8 Å². The molecule has 1 aromatic carbocycles. The van der Waals surface area contributed by atoms with Gasteiger partial charge in [0.15, 0.2) is 11.4 Å². The number of halogens is 1. The molecular weight excluding hydrogens is 403 g/mol. The number of aromatic amines is 1. The van der Waals surface area contributed by atoms with Crippen LogP contribution in [0.2, 0.25) is 0 Å². The Labute approximate surface area is 176 Å². The van der Waals surface area contributed by atoms with Crippen molar-refractivity contribution in [3.8, 4) is 0 Å². The predicted molar refractivity (Wildman–Crippen MR) is 108 cm³/mol. The first-order chi connectivity index (χ1) is 14.7. The summed E-state index contributed by atoms with van der Waals surface area (Å²) in [5, 5.41) is 10.8. The van der Waals surface area contributed by atoms with Crippen molar-refractivity contribution >= 4 is 16.9 Å². The number of carbonyl (C=O) groups is 1. The number of carbonyl (C=O) groups excluding carboxylic acids is 1. The van der Waals surface area contributed by atoms with E-state index in [1.54, 1.807) is 36.4 Å². The van der Waals surface area contributed by atoms with Gasteiger partial charge in [0, 0.05) is 24.0 Å². The van der Waals surface area contributed by atoms with Crippen LogP contribution in [0.25, 0.3) is 11.0 Å². The molecule has 0 saturated carbocycles. The Morgan fingerprint density at radius 3 is 2.87 bits per heavy atom. The van der Waals surface area contributed by atoms with Crippen molar-refractivity contribution in [2.45, 2.75) is 38.8 Å². The van der Waals surface area contributed by atoms with Gasteiger partial charge in [0.2, 0.25) is 11.7 Å². The van der Waals surface area contributed by atoms with Gasteiger partial charge in [-0.05, 0) is 32.9 Å². The van der Waals surface area contributed by atoms with Crippen molar-refractivity contribution in [1.29, 1.82) is 0 Å². The minimum atomic E-state index is -1.32. The number of para-hydroxylation sites is 1. The van der Waals surface area contributed by atoms with Crippen LogP contribution in [0.1, 0.15) is 59.2 Å².